The number of alkyl halides is 3. The van der Waals surface area contributed by atoms with Gasteiger partial charge in [0.05, 0.1) is 0 Å². The van der Waals surface area contributed by atoms with E-state index in [9.17, 15) is 18.0 Å². The van der Waals surface area contributed by atoms with Crippen molar-refractivity contribution in [1.82, 2.24) is 14.8 Å². The SMILES string of the molecule is CC(C)(C)c1cnc(NC(=O)Cn2ccc(C(F)(F)F)n2)s1. The van der Waals surface area contributed by atoms with Gasteiger partial charge >= 0.3 is 6.18 Å². The van der Waals surface area contributed by atoms with E-state index in [1.54, 1.807) is 6.20 Å². The van der Waals surface area contributed by atoms with Gasteiger partial charge in [-0.1, -0.05) is 20.8 Å². The van der Waals surface area contributed by atoms with Crippen LogP contribution in [0.2, 0.25) is 0 Å². The Morgan fingerprint density at radius 3 is 2.55 bits per heavy atom. The molecule has 2 aromatic rings. The van der Waals surface area contributed by atoms with Crippen LogP contribution in [0.3, 0.4) is 0 Å². The maximum Gasteiger partial charge on any atom is 0.435 e. The highest BCUT2D eigenvalue weighted by Crippen LogP contribution is 2.30. The van der Waals surface area contributed by atoms with Gasteiger partial charge in [0, 0.05) is 17.3 Å². The minimum absolute atomic E-state index is 0.0791. The van der Waals surface area contributed by atoms with Gasteiger partial charge in [-0.15, -0.1) is 11.3 Å². The molecule has 1 amide bonds. The molecule has 2 aromatic heterocycles. The number of carbonyl (C=O) groups excluding carboxylic acids is 1. The molecule has 0 atom stereocenters. The van der Waals surface area contributed by atoms with E-state index in [0.717, 1.165) is 21.8 Å². The number of nitrogens with one attached hydrogen (secondary N) is 1. The minimum atomic E-state index is -4.52. The molecular formula is C13H15F3N4OS. The van der Waals surface area contributed by atoms with Crippen molar-refractivity contribution in [1.29, 1.82) is 0 Å². The largest absolute Gasteiger partial charge is 0.435 e. The van der Waals surface area contributed by atoms with Gasteiger partial charge in [0.25, 0.3) is 0 Å². The van der Waals surface area contributed by atoms with Crippen LogP contribution in [0.4, 0.5) is 18.3 Å². The molecule has 0 unspecified atom stereocenters. The fourth-order valence-corrected chi connectivity index (χ4v) is 2.48. The Bertz CT molecular complexity index is 613. The lowest BCUT2D eigenvalue weighted by Crippen LogP contribution is -2.19. The van der Waals surface area contributed by atoms with E-state index in [1.807, 2.05) is 20.8 Å². The molecule has 0 radical (unpaired) electrons. The number of rotatable bonds is 3. The highest BCUT2D eigenvalue weighted by Gasteiger charge is 2.33. The number of halogens is 3. The van der Waals surface area contributed by atoms with Crippen molar-refractivity contribution in [2.24, 2.45) is 0 Å². The van der Waals surface area contributed by atoms with Crippen LogP contribution in [0, 0.1) is 0 Å². The summed E-state index contributed by atoms with van der Waals surface area (Å²) in [5.41, 5.74) is -1.10. The first-order valence-corrected chi connectivity index (χ1v) is 7.24. The van der Waals surface area contributed by atoms with Crippen LogP contribution in [-0.4, -0.2) is 20.7 Å². The first kappa shape index (κ1) is 16.5. The lowest BCUT2D eigenvalue weighted by Gasteiger charge is -2.14. The van der Waals surface area contributed by atoms with E-state index >= 15 is 0 Å². The van der Waals surface area contributed by atoms with Gasteiger partial charge in [0.1, 0.15) is 6.54 Å². The topological polar surface area (TPSA) is 59.8 Å². The zero-order chi connectivity index (χ0) is 16.5. The van der Waals surface area contributed by atoms with Gasteiger partial charge in [0.15, 0.2) is 10.8 Å². The number of thiazole rings is 1. The van der Waals surface area contributed by atoms with Crippen LogP contribution in [-0.2, 0) is 22.9 Å². The van der Waals surface area contributed by atoms with E-state index in [2.05, 4.69) is 15.4 Å². The standard InChI is InChI=1S/C13H15F3N4OS/c1-12(2,3)9-6-17-11(22-9)18-10(21)7-20-5-4-8(19-20)13(14,15)16/h4-6H,7H2,1-3H3,(H,17,18,21). The zero-order valence-electron chi connectivity index (χ0n) is 12.2. The molecule has 22 heavy (non-hydrogen) atoms. The number of amides is 1. The second kappa shape index (κ2) is 5.71. The first-order chi connectivity index (χ1) is 10.1. The number of hydrogen-bond donors (Lipinski definition) is 1. The zero-order valence-corrected chi connectivity index (χ0v) is 13.0. The average molecular weight is 332 g/mol. The van der Waals surface area contributed by atoms with Crippen molar-refractivity contribution >= 4 is 22.4 Å². The molecule has 0 aromatic carbocycles. The van der Waals surface area contributed by atoms with E-state index in [0.29, 0.717) is 5.13 Å². The highest BCUT2D eigenvalue weighted by atomic mass is 32.1. The van der Waals surface area contributed by atoms with Crippen molar-refractivity contribution in [3.63, 3.8) is 0 Å². The molecule has 120 valence electrons. The molecule has 0 aliphatic carbocycles. The van der Waals surface area contributed by atoms with Crippen LogP contribution in [0.15, 0.2) is 18.5 Å². The summed E-state index contributed by atoms with van der Waals surface area (Å²) >= 11 is 1.34. The summed E-state index contributed by atoms with van der Waals surface area (Å²) in [5.74, 6) is -0.480. The summed E-state index contributed by atoms with van der Waals surface area (Å²) < 4.78 is 38.2. The summed E-state index contributed by atoms with van der Waals surface area (Å²) in [7, 11) is 0. The van der Waals surface area contributed by atoms with E-state index in [-0.39, 0.29) is 12.0 Å². The number of anilines is 1. The smallest absolute Gasteiger partial charge is 0.300 e. The summed E-state index contributed by atoms with van der Waals surface area (Å²) in [6, 6.07) is 0.828. The van der Waals surface area contributed by atoms with Crippen molar-refractivity contribution < 1.29 is 18.0 Å². The van der Waals surface area contributed by atoms with E-state index in [4.69, 9.17) is 0 Å². The molecule has 5 nitrogen and oxygen atoms in total. The van der Waals surface area contributed by atoms with Crippen LogP contribution >= 0.6 is 11.3 Å². The number of nitrogens with zero attached hydrogens (tertiary/aromatic N) is 3. The molecular weight excluding hydrogens is 317 g/mol. The predicted octanol–water partition coefficient (Wildman–Crippen LogP) is 3.29. The van der Waals surface area contributed by atoms with Gasteiger partial charge in [-0.2, -0.15) is 18.3 Å². The number of hydrogen-bond acceptors (Lipinski definition) is 4. The Morgan fingerprint density at radius 1 is 1.36 bits per heavy atom. The Morgan fingerprint density at radius 2 is 2.05 bits per heavy atom. The molecule has 2 heterocycles. The molecule has 0 fully saturated rings. The van der Waals surface area contributed by atoms with Crippen LogP contribution in [0.25, 0.3) is 0 Å². The minimum Gasteiger partial charge on any atom is -0.300 e. The van der Waals surface area contributed by atoms with E-state index in [1.165, 1.54) is 11.3 Å². The molecule has 9 heteroatoms. The molecule has 0 saturated carbocycles. The second-order valence-electron chi connectivity index (χ2n) is 5.72. The van der Waals surface area contributed by atoms with Gasteiger partial charge < -0.3 is 5.32 Å². The predicted molar refractivity (Wildman–Crippen MR) is 76.7 cm³/mol. The molecule has 1 N–H and O–H groups in total. The average Bonchev–Trinajstić information content (AvgIpc) is 2.96. The number of carbonyl (C=O) groups is 1. The quantitative estimate of drug-likeness (QED) is 0.938. The van der Waals surface area contributed by atoms with Gasteiger partial charge in [-0.25, -0.2) is 4.98 Å². The van der Waals surface area contributed by atoms with Gasteiger partial charge in [-0.05, 0) is 11.5 Å². The van der Waals surface area contributed by atoms with Crippen molar-refractivity contribution in [2.45, 2.75) is 38.9 Å². The number of aromatic nitrogens is 3. The maximum atomic E-state index is 12.4. The first-order valence-electron chi connectivity index (χ1n) is 6.42. The Balaban J connectivity index is 1.99. The van der Waals surface area contributed by atoms with Crippen LogP contribution < -0.4 is 5.32 Å². The van der Waals surface area contributed by atoms with Gasteiger partial charge in [-0.3, -0.25) is 9.48 Å². The van der Waals surface area contributed by atoms with Crippen LogP contribution in [0.5, 0.6) is 0 Å². The Labute approximate surface area is 129 Å². The summed E-state index contributed by atoms with van der Waals surface area (Å²) in [6.45, 7) is 5.76. The Kier molecular flexibility index (Phi) is 4.28. The third-order valence-electron chi connectivity index (χ3n) is 2.73. The summed E-state index contributed by atoms with van der Waals surface area (Å²) in [6.07, 6.45) is -1.72. The van der Waals surface area contributed by atoms with Crippen molar-refractivity contribution in [3.8, 4) is 0 Å². The fraction of sp³-hybridized carbons (Fsp3) is 0.462. The van der Waals surface area contributed by atoms with Crippen molar-refractivity contribution in [3.05, 3.63) is 29.0 Å². The lowest BCUT2D eigenvalue weighted by atomic mass is 9.96. The fourth-order valence-electron chi connectivity index (χ4n) is 1.59. The monoisotopic (exact) mass is 332 g/mol. The Hall–Kier alpha value is -1.90. The maximum absolute atomic E-state index is 12.4. The second-order valence-corrected chi connectivity index (χ2v) is 6.75. The van der Waals surface area contributed by atoms with Gasteiger partial charge in [0.2, 0.25) is 5.91 Å². The molecule has 0 aliphatic rings. The normalized spacial score (nSPS) is 12.5. The third-order valence-corrected chi connectivity index (χ3v) is 4.07. The van der Waals surface area contributed by atoms with E-state index < -0.39 is 17.8 Å². The highest BCUT2D eigenvalue weighted by molar-refractivity contribution is 7.15. The molecule has 0 spiro atoms. The molecule has 2 rings (SSSR count). The van der Waals surface area contributed by atoms with Crippen LogP contribution in [0.1, 0.15) is 31.3 Å². The molecule has 0 aliphatic heterocycles. The summed E-state index contributed by atoms with van der Waals surface area (Å²) in [5, 5.41) is 6.29. The van der Waals surface area contributed by atoms with Crippen molar-refractivity contribution in [2.75, 3.05) is 5.32 Å². The summed E-state index contributed by atoms with van der Waals surface area (Å²) in [4.78, 5) is 16.9. The lowest BCUT2D eigenvalue weighted by molar-refractivity contribution is -0.141. The molecule has 0 bridgehead atoms. The third kappa shape index (κ3) is 4.06. The molecule has 0 saturated heterocycles.